The summed E-state index contributed by atoms with van der Waals surface area (Å²) in [7, 11) is 1.67. The average Bonchev–Trinajstić information content (AvgIpc) is 2.73. The van der Waals surface area contributed by atoms with Crippen molar-refractivity contribution in [3.63, 3.8) is 0 Å². The zero-order valence-electron chi connectivity index (χ0n) is 8.62. The topological polar surface area (TPSA) is 34.0 Å². The van der Waals surface area contributed by atoms with Crippen molar-refractivity contribution in [2.24, 2.45) is 10.2 Å². The first-order valence-electron chi connectivity index (χ1n) is 4.64. The summed E-state index contributed by atoms with van der Waals surface area (Å²) in [4.78, 5) is 0. The zero-order chi connectivity index (χ0) is 11.4. The van der Waals surface area contributed by atoms with E-state index in [4.69, 9.17) is 17.0 Å². The monoisotopic (exact) mass is 270 g/mol. The van der Waals surface area contributed by atoms with Gasteiger partial charge in [-0.25, -0.2) is 0 Å². The lowest BCUT2D eigenvalue weighted by Gasteiger charge is -2.05. The Morgan fingerprint density at radius 2 is 2.19 bits per heavy atom. The summed E-state index contributed by atoms with van der Waals surface area (Å²) in [5.74, 6) is 1.79. The minimum Gasteiger partial charge on any atom is -0.497 e. The molecule has 1 atom stereocenters. The third-order valence-corrected chi connectivity index (χ3v) is 4.51. The van der Waals surface area contributed by atoms with Crippen LogP contribution in [0.25, 0.3) is 0 Å². The molecule has 6 heteroatoms. The molecular formula is C10H10N2OS3. The van der Waals surface area contributed by atoms with Crippen LogP contribution in [0.5, 0.6) is 5.75 Å². The molecule has 3 nitrogen and oxygen atoms in total. The van der Waals surface area contributed by atoms with Crippen molar-refractivity contribution >= 4 is 40.1 Å². The molecule has 84 valence electrons. The van der Waals surface area contributed by atoms with Gasteiger partial charge < -0.3 is 4.74 Å². The molecule has 1 heterocycles. The van der Waals surface area contributed by atoms with Crippen LogP contribution in [0, 0.1) is 0 Å². The summed E-state index contributed by atoms with van der Waals surface area (Å²) < 4.78 is 5.85. The van der Waals surface area contributed by atoms with Gasteiger partial charge in [0.05, 0.1) is 7.11 Å². The standard InChI is InChI=1S/C10H10N2OS3/c1-13-8-4-2-7(3-5-8)6-15-10-12-11-9(14)16-10/h2-5,10H,6H2,1H3. The van der Waals surface area contributed by atoms with E-state index >= 15 is 0 Å². The Morgan fingerprint density at radius 1 is 1.44 bits per heavy atom. The van der Waals surface area contributed by atoms with E-state index in [9.17, 15) is 0 Å². The van der Waals surface area contributed by atoms with Gasteiger partial charge in [-0.2, -0.15) is 5.11 Å². The number of ether oxygens (including phenoxy) is 1. The zero-order valence-corrected chi connectivity index (χ0v) is 11.1. The van der Waals surface area contributed by atoms with Gasteiger partial charge in [-0.05, 0) is 29.9 Å². The first-order chi connectivity index (χ1) is 7.78. The van der Waals surface area contributed by atoms with Crippen molar-refractivity contribution in [2.45, 2.75) is 10.5 Å². The number of hydrogen-bond donors (Lipinski definition) is 0. The van der Waals surface area contributed by atoms with Crippen LogP contribution in [0.3, 0.4) is 0 Å². The molecule has 1 unspecified atom stereocenters. The van der Waals surface area contributed by atoms with E-state index in [0.717, 1.165) is 11.5 Å². The maximum absolute atomic E-state index is 5.10. The molecule has 1 aliphatic rings. The molecule has 0 aromatic heterocycles. The molecular weight excluding hydrogens is 260 g/mol. The minimum atomic E-state index is 0.120. The molecule has 16 heavy (non-hydrogen) atoms. The minimum absolute atomic E-state index is 0.120. The first-order valence-corrected chi connectivity index (χ1v) is 6.97. The molecule has 0 aliphatic carbocycles. The van der Waals surface area contributed by atoms with Crippen LogP contribution in [0.4, 0.5) is 0 Å². The Labute approximate surface area is 108 Å². The lowest BCUT2D eigenvalue weighted by molar-refractivity contribution is 0.414. The number of hydrogen-bond acceptors (Lipinski definition) is 5. The second-order valence-electron chi connectivity index (χ2n) is 3.07. The first kappa shape index (κ1) is 11.9. The number of nitrogens with zero attached hydrogens (tertiary/aromatic N) is 2. The third kappa shape index (κ3) is 3.20. The highest BCUT2D eigenvalue weighted by Gasteiger charge is 2.17. The van der Waals surface area contributed by atoms with Crippen LogP contribution in [0.2, 0.25) is 0 Å². The quantitative estimate of drug-likeness (QED) is 0.781. The number of azo groups is 1. The van der Waals surface area contributed by atoms with Gasteiger partial charge in [0.2, 0.25) is 0 Å². The average molecular weight is 270 g/mol. The molecule has 2 rings (SSSR count). The second-order valence-corrected chi connectivity index (χ2v) is 6.15. The maximum atomic E-state index is 5.10. The fourth-order valence-corrected chi connectivity index (χ4v) is 3.44. The van der Waals surface area contributed by atoms with Crippen molar-refractivity contribution in [1.29, 1.82) is 0 Å². The molecule has 0 amide bonds. The molecule has 1 aromatic carbocycles. The Kier molecular flexibility index (Phi) is 4.20. The number of rotatable bonds is 4. The highest BCUT2D eigenvalue weighted by molar-refractivity contribution is 8.30. The van der Waals surface area contributed by atoms with Crippen molar-refractivity contribution in [1.82, 2.24) is 0 Å². The van der Waals surface area contributed by atoms with Crippen molar-refractivity contribution in [3.05, 3.63) is 29.8 Å². The molecule has 0 bridgehead atoms. The lowest BCUT2D eigenvalue weighted by Crippen LogP contribution is -1.90. The summed E-state index contributed by atoms with van der Waals surface area (Å²) in [6, 6.07) is 8.04. The van der Waals surface area contributed by atoms with E-state index in [1.54, 1.807) is 18.9 Å². The number of benzene rings is 1. The van der Waals surface area contributed by atoms with E-state index < -0.39 is 0 Å². The SMILES string of the molecule is COc1ccc(CSC2N=NC(=S)S2)cc1. The highest BCUT2D eigenvalue weighted by Crippen LogP contribution is 2.34. The van der Waals surface area contributed by atoms with Gasteiger partial charge in [0.1, 0.15) is 5.75 Å². The van der Waals surface area contributed by atoms with Gasteiger partial charge in [-0.15, -0.1) is 16.9 Å². The fraction of sp³-hybridized carbons (Fsp3) is 0.300. The predicted molar refractivity (Wildman–Crippen MR) is 73.1 cm³/mol. The van der Waals surface area contributed by atoms with E-state index in [0.29, 0.717) is 4.32 Å². The van der Waals surface area contributed by atoms with E-state index in [2.05, 4.69) is 22.4 Å². The van der Waals surface area contributed by atoms with E-state index in [-0.39, 0.29) is 4.71 Å². The number of methoxy groups -OCH3 is 1. The molecule has 0 spiro atoms. The van der Waals surface area contributed by atoms with Gasteiger partial charge in [-0.3, -0.25) is 0 Å². The summed E-state index contributed by atoms with van der Waals surface area (Å²) in [5, 5.41) is 7.89. The van der Waals surface area contributed by atoms with Crippen LogP contribution in [0.15, 0.2) is 34.5 Å². The van der Waals surface area contributed by atoms with Crippen molar-refractivity contribution < 1.29 is 4.74 Å². The van der Waals surface area contributed by atoms with Gasteiger partial charge in [-0.1, -0.05) is 23.9 Å². The molecule has 0 fully saturated rings. The third-order valence-electron chi connectivity index (χ3n) is 1.99. The fourth-order valence-electron chi connectivity index (χ4n) is 1.18. The van der Waals surface area contributed by atoms with Crippen LogP contribution >= 0.6 is 35.7 Å². The summed E-state index contributed by atoms with van der Waals surface area (Å²) in [6.07, 6.45) is 0. The Balaban J connectivity index is 1.85. The normalized spacial score (nSPS) is 19.1. The van der Waals surface area contributed by atoms with Crippen molar-refractivity contribution in [2.75, 3.05) is 7.11 Å². The summed E-state index contributed by atoms with van der Waals surface area (Å²) in [5.41, 5.74) is 1.25. The van der Waals surface area contributed by atoms with Crippen LogP contribution < -0.4 is 4.74 Å². The maximum Gasteiger partial charge on any atom is 0.184 e. The van der Waals surface area contributed by atoms with Gasteiger partial charge >= 0.3 is 0 Å². The lowest BCUT2D eigenvalue weighted by atomic mass is 10.2. The molecule has 0 radical (unpaired) electrons. The molecule has 0 saturated heterocycles. The number of thioether (sulfide) groups is 2. The second kappa shape index (κ2) is 5.65. The van der Waals surface area contributed by atoms with E-state index in [1.807, 2.05) is 12.1 Å². The van der Waals surface area contributed by atoms with Crippen LogP contribution in [-0.2, 0) is 5.75 Å². The Bertz CT molecular complexity index is 405. The van der Waals surface area contributed by atoms with Gasteiger partial charge in [0, 0.05) is 5.75 Å². The Morgan fingerprint density at radius 3 is 2.75 bits per heavy atom. The molecule has 1 aliphatic heterocycles. The summed E-state index contributed by atoms with van der Waals surface area (Å²) in [6.45, 7) is 0. The van der Waals surface area contributed by atoms with Crippen molar-refractivity contribution in [3.8, 4) is 5.75 Å². The largest absolute Gasteiger partial charge is 0.497 e. The molecule has 1 aromatic rings. The van der Waals surface area contributed by atoms with E-state index in [1.165, 1.54) is 17.3 Å². The molecule has 0 saturated carbocycles. The Hall–Kier alpha value is -0.590. The van der Waals surface area contributed by atoms with Gasteiger partial charge in [0.15, 0.2) is 9.03 Å². The molecule has 0 N–H and O–H groups in total. The smallest absolute Gasteiger partial charge is 0.184 e. The van der Waals surface area contributed by atoms with Crippen LogP contribution in [0.1, 0.15) is 5.56 Å². The van der Waals surface area contributed by atoms with Crippen LogP contribution in [-0.4, -0.2) is 16.1 Å². The number of thiocarbonyl (C=S) groups is 1. The summed E-state index contributed by atoms with van der Waals surface area (Å²) >= 11 is 8.19. The predicted octanol–water partition coefficient (Wildman–Crippen LogP) is 3.70. The van der Waals surface area contributed by atoms with Gasteiger partial charge in [0.25, 0.3) is 0 Å². The highest BCUT2D eigenvalue weighted by atomic mass is 32.2.